The maximum atomic E-state index is 4.31. The van der Waals surface area contributed by atoms with Gasteiger partial charge in [0.2, 0.25) is 0 Å². The third kappa shape index (κ3) is 3.26. The van der Waals surface area contributed by atoms with E-state index in [2.05, 4.69) is 27.1 Å². The standard InChI is InChI=1S/C11H19N3S/c1-2-13-5-7-14(8-6-13)4-3-11-9-15-10-12-11/h9-10H,2-8H2,1H3. The van der Waals surface area contributed by atoms with Crippen LogP contribution in [0.1, 0.15) is 12.6 Å². The van der Waals surface area contributed by atoms with Crippen LogP contribution in [0.15, 0.2) is 10.9 Å². The Kier molecular flexibility index (Phi) is 4.11. The predicted molar refractivity (Wildman–Crippen MR) is 64.4 cm³/mol. The fourth-order valence-electron chi connectivity index (χ4n) is 1.96. The minimum atomic E-state index is 1.11. The maximum Gasteiger partial charge on any atom is 0.0794 e. The van der Waals surface area contributed by atoms with Gasteiger partial charge in [-0.3, -0.25) is 0 Å². The van der Waals surface area contributed by atoms with Crippen LogP contribution in [0.3, 0.4) is 0 Å². The molecule has 2 heterocycles. The summed E-state index contributed by atoms with van der Waals surface area (Å²) in [5.41, 5.74) is 3.17. The Morgan fingerprint density at radius 3 is 2.60 bits per heavy atom. The Hall–Kier alpha value is -0.450. The van der Waals surface area contributed by atoms with Gasteiger partial charge in [0.15, 0.2) is 0 Å². The summed E-state index contributed by atoms with van der Waals surface area (Å²) in [5, 5.41) is 2.16. The van der Waals surface area contributed by atoms with Crippen molar-refractivity contribution in [2.45, 2.75) is 13.3 Å². The fourth-order valence-corrected chi connectivity index (χ4v) is 2.56. The van der Waals surface area contributed by atoms with E-state index in [0.29, 0.717) is 0 Å². The van der Waals surface area contributed by atoms with Crippen molar-refractivity contribution in [2.75, 3.05) is 39.3 Å². The van der Waals surface area contributed by atoms with Gasteiger partial charge in [-0.15, -0.1) is 11.3 Å². The third-order valence-corrected chi connectivity index (χ3v) is 3.72. The van der Waals surface area contributed by atoms with Crippen LogP contribution in [-0.4, -0.2) is 54.1 Å². The van der Waals surface area contributed by atoms with E-state index in [0.717, 1.165) is 6.42 Å². The van der Waals surface area contributed by atoms with Crippen molar-refractivity contribution in [1.82, 2.24) is 14.8 Å². The van der Waals surface area contributed by atoms with E-state index >= 15 is 0 Å². The molecule has 0 unspecified atom stereocenters. The number of nitrogens with zero attached hydrogens (tertiary/aromatic N) is 3. The molecule has 0 aliphatic carbocycles. The van der Waals surface area contributed by atoms with Gasteiger partial charge in [-0.1, -0.05) is 6.92 Å². The molecule has 0 amide bonds. The molecule has 1 fully saturated rings. The molecule has 0 atom stereocenters. The zero-order valence-electron chi connectivity index (χ0n) is 9.35. The smallest absolute Gasteiger partial charge is 0.0794 e. The molecule has 15 heavy (non-hydrogen) atoms. The first-order chi connectivity index (χ1) is 7.38. The Labute approximate surface area is 95.7 Å². The van der Waals surface area contributed by atoms with Crippen LogP contribution in [0, 0.1) is 0 Å². The summed E-state index contributed by atoms with van der Waals surface area (Å²) in [6, 6.07) is 0. The van der Waals surface area contributed by atoms with Crippen LogP contribution in [0.4, 0.5) is 0 Å². The molecule has 0 N–H and O–H groups in total. The van der Waals surface area contributed by atoms with E-state index in [4.69, 9.17) is 0 Å². The highest BCUT2D eigenvalue weighted by Crippen LogP contribution is 2.05. The monoisotopic (exact) mass is 225 g/mol. The number of hydrogen-bond acceptors (Lipinski definition) is 4. The van der Waals surface area contributed by atoms with Crippen LogP contribution in [0.5, 0.6) is 0 Å². The van der Waals surface area contributed by atoms with Crippen molar-refractivity contribution in [2.24, 2.45) is 0 Å². The van der Waals surface area contributed by atoms with E-state index in [9.17, 15) is 0 Å². The van der Waals surface area contributed by atoms with E-state index in [1.807, 2.05) is 5.51 Å². The minimum absolute atomic E-state index is 1.11. The highest BCUT2D eigenvalue weighted by molar-refractivity contribution is 7.07. The molecule has 4 heteroatoms. The molecule has 1 aromatic rings. The molecule has 0 aromatic carbocycles. The topological polar surface area (TPSA) is 19.4 Å². The Morgan fingerprint density at radius 2 is 2.00 bits per heavy atom. The average Bonchev–Trinajstić information content (AvgIpc) is 2.80. The SMILES string of the molecule is CCN1CCN(CCc2cscn2)CC1. The van der Waals surface area contributed by atoms with E-state index in [-0.39, 0.29) is 0 Å². The number of likely N-dealkylation sites (N-methyl/N-ethyl adjacent to an activating group) is 1. The molecule has 0 bridgehead atoms. The van der Waals surface area contributed by atoms with Crippen molar-refractivity contribution in [3.05, 3.63) is 16.6 Å². The third-order valence-electron chi connectivity index (χ3n) is 3.08. The van der Waals surface area contributed by atoms with Crippen molar-refractivity contribution >= 4 is 11.3 Å². The Balaban J connectivity index is 1.69. The minimum Gasteiger partial charge on any atom is -0.301 e. The first-order valence-electron chi connectivity index (χ1n) is 5.70. The first-order valence-corrected chi connectivity index (χ1v) is 6.64. The zero-order chi connectivity index (χ0) is 10.5. The second-order valence-electron chi connectivity index (χ2n) is 4.01. The van der Waals surface area contributed by atoms with Crippen LogP contribution in [0.25, 0.3) is 0 Å². The average molecular weight is 225 g/mol. The Bertz CT molecular complexity index is 265. The van der Waals surface area contributed by atoms with Crippen molar-refractivity contribution in [3.8, 4) is 0 Å². The van der Waals surface area contributed by atoms with Gasteiger partial charge in [-0.05, 0) is 6.54 Å². The lowest BCUT2D eigenvalue weighted by Gasteiger charge is -2.33. The summed E-state index contributed by atoms with van der Waals surface area (Å²) in [7, 11) is 0. The highest BCUT2D eigenvalue weighted by atomic mass is 32.1. The quantitative estimate of drug-likeness (QED) is 0.770. The van der Waals surface area contributed by atoms with Gasteiger partial charge in [-0.25, -0.2) is 4.98 Å². The number of thiazole rings is 1. The van der Waals surface area contributed by atoms with Gasteiger partial charge in [0.25, 0.3) is 0 Å². The molecule has 1 aliphatic heterocycles. The van der Waals surface area contributed by atoms with Crippen LogP contribution >= 0.6 is 11.3 Å². The summed E-state index contributed by atoms with van der Waals surface area (Å²) >= 11 is 1.69. The molecule has 84 valence electrons. The molecular weight excluding hydrogens is 206 g/mol. The Morgan fingerprint density at radius 1 is 1.27 bits per heavy atom. The fraction of sp³-hybridized carbons (Fsp3) is 0.727. The molecule has 1 saturated heterocycles. The summed E-state index contributed by atoms with van der Waals surface area (Å²) in [6.07, 6.45) is 1.11. The van der Waals surface area contributed by atoms with Crippen LogP contribution in [-0.2, 0) is 6.42 Å². The van der Waals surface area contributed by atoms with Gasteiger partial charge in [0.1, 0.15) is 0 Å². The molecule has 3 nitrogen and oxygen atoms in total. The van der Waals surface area contributed by atoms with E-state index in [1.165, 1.54) is 45.0 Å². The zero-order valence-corrected chi connectivity index (χ0v) is 10.2. The second kappa shape index (κ2) is 5.58. The van der Waals surface area contributed by atoms with Crippen molar-refractivity contribution < 1.29 is 0 Å². The lowest BCUT2D eigenvalue weighted by molar-refractivity contribution is 0.138. The molecule has 1 aromatic heterocycles. The summed E-state index contributed by atoms with van der Waals surface area (Å²) in [4.78, 5) is 9.37. The lowest BCUT2D eigenvalue weighted by Crippen LogP contribution is -2.46. The normalized spacial score (nSPS) is 19.5. The molecule has 0 saturated carbocycles. The molecular formula is C11H19N3S. The van der Waals surface area contributed by atoms with Crippen LogP contribution < -0.4 is 0 Å². The number of aromatic nitrogens is 1. The summed E-state index contributed by atoms with van der Waals surface area (Å²) < 4.78 is 0. The predicted octanol–water partition coefficient (Wildman–Crippen LogP) is 1.32. The van der Waals surface area contributed by atoms with Crippen molar-refractivity contribution in [3.63, 3.8) is 0 Å². The number of rotatable bonds is 4. The lowest BCUT2D eigenvalue weighted by atomic mass is 10.2. The van der Waals surface area contributed by atoms with Gasteiger partial charge < -0.3 is 9.80 Å². The van der Waals surface area contributed by atoms with Gasteiger partial charge in [0.05, 0.1) is 11.2 Å². The first kappa shape index (κ1) is 11.0. The second-order valence-corrected chi connectivity index (χ2v) is 4.72. The summed E-state index contributed by atoms with van der Waals surface area (Å²) in [5.74, 6) is 0. The van der Waals surface area contributed by atoms with Crippen molar-refractivity contribution in [1.29, 1.82) is 0 Å². The highest BCUT2D eigenvalue weighted by Gasteiger charge is 2.14. The van der Waals surface area contributed by atoms with E-state index in [1.54, 1.807) is 11.3 Å². The largest absolute Gasteiger partial charge is 0.301 e. The molecule has 0 spiro atoms. The van der Waals surface area contributed by atoms with E-state index < -0.39 is 0 Å². The van der Waals surface area contributed by atoms with Crippen LogP contribution in [0.2, 0.25) is 0 Å². The van der Waals surface area contributed by atoms with Gasteiger partial charge >= 0.3 is 0 Å². The molecule has 0 radical (unpaired) electrons. The maximum absolute atomic E-state index is 4.31. The number of piperazine rings is 1. The molecule has 1 aliphatic rings. The molecule has 2 rings (SSSR count). The summed E-state index contributed by atoms with van der Waals surface area (Å²) in [6.45, 7) is 9.50. The van der Waals surface area contributed by atoms with Gasteiger partial charge in [-0.2, -0.15) is 0 Å². The number of hydrogen-bond donors (Lipinski definition) is 0. The van der Waals surface area contributed by atoms with Gasteiger partial charge in [0, 0.05) is 44.5 Å².